The third-order valence-electron chi connectivity index (χ3n) is 7.50. The van der Waals surface area contributed by atoms with E-state index in [1.165, 1.54) is 23.5 Å². The molecule has 1 aliphatic heterocycles. The number of aromatic nitrogens is 2. The highest BCUT2D eigenvalue weighted by Gasteiger charge is 2.34. The lowest BCUT2D eigenvalue weighted by molar-refractivity contribution is 0.0488. The van der Waals surface area contributed by atoms with E-state index in [-0.39, 0.29) is 36.1 Å². The largest absolute Gasteiger partial charge is 0.396 e. The van der Waals surface area contributed by atoms with Crippen molar-refractivity contribution in [3.05, 3.63) is 82.9 Å². The number of aliphatic hydroxyl groups excluding tert-OH is 1. The average Bonchev–Trinajstić information content (AvgIpc) is 3.36. The number of aliphatic hydroxyl groups is 1. The standard InChI is InChI=1S/C31H32FN3O3S/c1-20-34-29(30(39-20)23-8-2-10-24(32)18-23)31(38)35-19-21(6-5-17-36)12-13-25(35)14-15-27(37)26-11-3-7-22-9-4-16-33-28(22)26/h2-4,7-11,16,18,21,25,36H,5-6,12-15,17,19H2,1H3. The Morgan fingerprint density at radius 2 is 1.92 bits per heavy atom. The van der Waals surface area contributed by atoms with Crippen molar-refractivity contribution in [2.24, 2.45) is 5.92 Å². The van der Waals surface area contributed by atoms with Gasteiger partial charge in [-0.3, -0.25) is 14.6 Å². The highest BCUT2D eigenvalue weighted by molar-refractivity contribution is 7.15. The zero-order valence-corrected chi connectivity index (χ0v) is 22.8. The summed E-state index contributed by atoms with van der Waals surface area (Å²) in [5, 5.41) is 11.0. The lowest BCUT2D eigenvalue weighted by Gasteiger charge is -2.40. The maximum atomic E-state index is 14.0. The van der Waals surface area contributed by atoms with Crippen LogP contribution in [-0.4, -0.2) is 50.9 Å². The van der Waals surface area contributed by atoms with E-state index in [2.05, 4.69) is 9.97 Å². The summed E-state index contributed by atoms with van der Waals surface area (Å²) in [6.07, 6.45) is 5.78. The number of amides is 1. The highest BCUT2D eigenvalue weighted by Crippen LogP contribution is 2.35. The minimum atomic E-state index is -0.363. The van der Waals surface area contributed by atoms with E-state index in [0.29, 0.717) is 53.0 Å². The van der Waals surface area contributed by atoms with Gasteiger partial charge in [0.1, 0.15) is 11.5 Å². The average molecular weight is 546 g/mol. The number of rotatable bonds is 9. The van der Waals surface area contributed by atoms with Crippen molar-refractivity contribution in [1.29, 1.82) is 0 Å². The van der Waals surface area contributed by atoms with E-state index < -0.39 is 0 Å². The molecule has 8 heteroatoms. The smallest absolute Gasteiger partial charge is 0.274 e. The molecule has 6 nitrogen and oxygen atoms in total. The van der Waals surface area contributed by atoms with Gasteiger partial charge in [-0.2, -0.15) is 0 Å². The van der Waals surface area contributed by atoms with Gasteiger partial charge in [-0.25, -0.2) is 9.37 Å². The molecule has 2 aromatic carbocycles. The summed E-state index contributed by atoms with van der Waals surface area (Å²) in [4.78, 5) is 38.9. The maximum Gasteiger partial charge on any atom is 0.274 e. The molecule has 1 N–H and O–H groups in total. The first kappa shape index (κ1) is 27.1. The SMILES string of the molecule is Cc1nc(C(=O)N2CC(CCCO)CCC2CCC(=O)c2cccc3cccnc23)c(-c2cccc(F)c2)s1. The summed E-state index contributed by atoms with van der Waals surface area (Å²) in [6.45, 7) is 2.52. The Hall–Kier alpha value is -3.49. The van der Waals surface area contributed by atoms with E-state index in [1.54, 1.807) is 18.3 Å². The molecule has 2 unspecified atom stereocenters. The molecule has 1 aliphatic rings. The maximum absolute atomic E-state index is 14.0. The molecule has 2 aromatic heterocycles. The summed E-state index contributed by atoms with van der Waals surface area (Å²) in [7, 11) is 0. The number of piperidine rings is 1. The molecule has 0 radical (unpaired) electrons. The predicted octanol–water partition coefficient (Wildman–Crippen LogP) is 6.46. The van der Waals surface area contributed by atoms with Gasteiger partial charge in [0.05, 0.1) is 15.4 Å². The Morgan fingerprint density at radius 3 is 2.74 bits per heavy atom. The molecule has 5 rings (SSSR count). The Bertz CT molecular complexity index is 1480. The number of benzene rings is 2. The number of halogens is 1. The van der Waals surface area contributed by atoms with Crippen molar-refractivity contribution in [1.82, 2.24) is 14.9 Å². The number of likely N-dealkylation sites (tertiary alicyclic amines) is 1. The Balaban J connectivity index is 1.39. The fraction of sp³-hybridized carbons (Fsp3) is 0.355. The van der Waals surface area contributed by atoms with Crippen LogP contribution in [0.25, 0.3) is 21.3 Å². The summed E-state index contributed by atoms with van der Waals surface area (Å²) < 4.78 is 14.0. The number of aryl methyl sites for hydroxylation is 1. The first-order valence-electron chi connectivity index (χ1n) is 13.5. The number of fused-ring (bicyclic) bond motifs is 1. The van der Waals surface area contributed by atoms with Crippen molar-refractivity contribution >= 4 is 33.9 Å². The predicted molar refractivity (Wildman–Crippen MR) is 151 cm³/mol. The third-order valence-corrected chi connectivity index (χ3v) is 8.52. The van der Waals surface area contributed by atoms with Gasteiger partial charge < -0.3 is 10.0 Å². The van der Waals surface area contributed by atoms with Gasteiger partial charge in [0, 0.05) is 42.8 Å². The molecule has 0 bridgehead atoms. The van der Waals surface area contributed by atoms with Gasteiger partial charge in [-0.05, 0) is 74.8 Å². The summed E-state index contributed by atoms with van der Waals surface area (Å²) in [6, 6.07) is 15.6. The van der Waals surface area contributed by atoms with Crippen LogP contribution in [0.5, 0.6) is 0 Å². The molecule has 3 heterocycles. The molecule has 0 saturated carbocycles. The second-order valence-electron chi connectivity index (χ2n) is 10.2. The van der Waals surface area contributed by atoms with Crippen molar-refractivity contribution in [3.63, 3.8) is 0 Å². The zero-order valence-electron chi connectivity index (χ0n) is 22.0. The van der Waals surface area contributed by atoms with Crippen molar-refractivity contribution in [2.75, 3.05) is 13.2 Å². The number of ketones is 1. The molecule has 1 amide bonds. The summed E-state index contributed by atoms with van der Waals surface area (Å²) in [5.74, 6) is -0.262. The summed E-state index contributed by atoms with van der Waals surface area (Å²) in [5.41, 5.74) is 2.27. The van der Waals surface area contributed by atoms with Crippen molar-refractivity contribution < 1.29 is 19.1 Å². The Labute approximate surface area is 231 Å². The van der Waals surface area contributed by atoms with Crippen LogP contribution in [0.15, 0.2) is 60.8 Å². The van der Waals surface area contributed by atoms with Gasteiger partial charge in [0.15, 0.2) is 5.78 Å². The first-order valence-corrected chi connectivity index (χ1v) is 14.3. The minimum absolute atomic E-state index is 0.0130. The topological polar surface area (TPSA) is 83.4 Å². The number of hydrogen-bond donors (Lipinski definition) is 1. The molecule has 0 aliphatic carbocycles. The van der Waals surface area contributed by atoms with E-state index in [1.807, 2.05) is 42.2 Å². The Kier molecular flexibility index (Phi) is 8.43. The van der Waals surface area contributed by atoms with Gasteiger partial charge >= 0.3 is 0 Å². The number of thiazole rings is 1. The van der Waals surface area contributed by atoms with Crippen LogP contribution in [-0.2, 0) is 0 Å². The lowest BCUT2D eigenvalue weighted by atomic mass is 9.86. The molecular formula is C31H32FN3O3S. The lowest BCUT2D eigenvalue weighted by Crippen LogP contribution is -2.47. The van der Waals surface area contributed by atoms with Gasteiger partial charge in [0.2, 0.25) is 0 Å². The quantitative estimate of drug-likeness (QED) is 0.244. The van der Waals surface area contributed by atoms with Crippen LogP contribution in [0, 0.1) is 18.7 Å². The fourth-order valence-corrected chi connectivity index (χ4v) is 6.47. The molecule has 39 heavy (non-hydrogen) atoms. The summed E-state index contributed by atoms with van der Waals surface area (Å²) >= 11 is 1.38. The molecule has 4 aromatic rings. The van der Waals surface area contributed by atoms with Gasteiger partial charge in [-0.1, -0.05) is 30.3 Å². The van der Waals surface area contributed by atoms with Crippen LogP contribution in [0.3, 0.4) is 0 Å². The first-order chi connectivity index (χ1) is 18.9. The minimum Gasteiger partial charge on any atom is -0.396 e. The van der Waals surface area contributed by atoms with Crippen LogP contribution >= 0.6 is 11.3 Å². The Morgan fingerprint density at radius 1 is 1.10 bits per heavy atom. The monoisotopic (exact) mass is 545 g/mol. The number of pyridine rings is 1. The number of carbonyl (C=O) groups excluding carboxylic acids is 2. The fourth-order valence-electron chi connectivity index (χ4n) is 5.56. The number of nitrogens with zero attached hydrogens (tertiary/aromatic N) is 3. The molecule has 2 atom stereocenters. The molecule has 0 spiro atoms. The van der Waals surface area contributed by atoms with Crippen LogP contribution < -0.4 is 0 Å². The van der Waals surface area contributed by atoms with Gasteiger partial charge in [-0.15, -0.1) is 11.3 Å². The second kappa shape index (κ2) is 12.1. The van der Waals surface area contributed by atoms with Crippen LogP contribution in [0.2, 0.25) is 0 Å². The highest BCUT2D eigenvalue weighted by atomic mass is 32.1. The van der Waals surface area contributed by atoms with E-state index in [9.17, 15) is 19.1 Å². The third kappa shape index (κ3) is 6.07. The van der Waals surface area contributed by atoms with Gasteiger partial charge in [0.25, 0.3) is 5.91 Å². The zero-order chi connectivity index (χ0) is 27.4. The van der Waals surface area contributed by atoms with E-state index >= 15 is 0 Å². The molecule has 1 fully saturated rings. The normalized spacial score (nSPS) is 17.5. The van der Waals surface area contributed by atoms with Crippen LogP contribution in [0.1, 0.15) is 64.4 Å². The van der Waals surface area contributed by atoms with E-state index in [4.69, 9.17) is 0 Å². The van der Waals surface area contributed by atoms with Crippen molar-refractivity contribution in [3.8, 4) is 10.4 Å². The van der Waals surface area contributed by atoms with E-state index in [0.717, 1.165) is 29.7 Å². The second-order valence-corrected chi connectivity index (χ2v) is 11.4. The molecular weight excluding hydrogens is 513 g/mol. The number of carbonyl (C=O) groups is 2. The van der Waals surface area contributed by atoms with Crippen molar-refractivity contribution in [2.45, 2.75) is 51.5 Å². The number of hydrogen-bond acceptors (Lipinski definition) is 6. The number of Topliss-reactive ketones (excluding diaryl/α,β-unsaturated/α-hetero) is 1. The number of para-hydroxylation sites is 1. The van der Waals surface area contributed by atoms with Crippen LogP contribution in [0.4, 0.5) is 4.39 Å². The molecule has 1 saturated heterocycles. The molecule has 202 valence electrons.